The summed E-state index contributed by atoms with van der Waals surface area (Å²) in [5.41, 5.74) is -0.160. The van der Waals surface area contributed by atoms with E-state index >= 15 is 0 Å². The molecule has 16 heavy (non-hydrogen) atoms. The summed E-state index contributed by atoms with van der Waals surface area (Å²) in [6.07, 6.45) is 12.3. The molecule has 0 heterocycles. The van der Waals surface area contributed by atoms with Crippen LogP contribution in [0.4, 0.5) is 0 Å². The summed E-state index contributed by atoms with van der Waals surface area (Å²) in [5, 5.41) is 2.87. The Morgan fingerprint density at radius 1 is 1.19 bits per heavy atom. The maximum absolute atomic E-state index is 11.4. The monoisotopic (exact) mass is 223 g/mol. The number of carbonyl (C=O) groups excluding carboxylic acids is 1. The van der Waals surface area contributed by atoms with Gasteiger partial charge in [0, 0.05) is 11.6 Å². The van der Waals surface area contributed by atoms with Gasteiger partial charge in [0.1, 0.15) is 0 Å². The normalized spacial score (nSPS) is 12.5. The molecular formula is C14H25NO. The molecule has 1 N–H and O–H groups in total. The van der Waals surface area contributed by atoms with Crippen LogP contribution < -0.4 is 5.32 Å². The molecule has 0 aliphatic rings. The van der Waals surface area contributed by atoms with E-state index in [2.05, 4.69) is 18.3 Å². The van der Waals surface area contributed by atoms with Gasteiger partial charge in [0.2, 0.25) is 5.91 Å². The summed E-state index contributed by atoms with van der Waals surface area (Å²) in [6.45, 7) is 8.11. The number of unbranched alkanes of at least 4 members (excludes halogenated alkanes) is 3. The van der Waals surface area contributed by atoms with Gasteiger partial charge in [-0.1, -0.05) is 38.0 Å². The molecule has 0 bridgehead atoms. The van der Waals surface area contributed by atoms with Crippen LogP contribution >= 0.6 is 0 Å². The molecule has 0 fully saturated rings. The molecule has 0 saturated heterocycles. The van der Waals surface area contributed by atoms with Gasteiger partial charge in [-0.3, -0.25) is 4.79 Å². The molecular weight excluding hydrogens is 198 g/mol. The lowest BCUT2D eigenvalue weighted by Gasteiger charge is -2.18. The van der Waals surface area contributed by atoms with Gasteiger partial charge in [-0.15, -0.1) is 0 Å². The molecule has 0 atom stereocenters. The molecule has 0 aromatic rings. The highest BCUT2D eigenvalue weighted by atomic mass is 16.1. The summed E-state index contributed by atoms with van der Waals surface area (Å²) in [6, 6.07) is 0. The first kappa shape index (κ1) is 14.9. The first-order valence-electron chi connectivity index (χ1n) is 6.11. The lowest BCUT2D eigenvalue weighted by molar-refractivity contribution is -0.117. The number of nitrogens with one attached hydrogen (secondary N) is 1. The van der Waals surface area contributed by atoms with Crippen molar-refractivity contribution < 1.29 is 4.79 Å². The summed E-state index contributed by atoms with van der Waals surface area (Å²) >= 11 is 0. The maximum atomic E-state index is 11.4. The molecule has 0 aliphatic heterocycles. The van der Waals surface area contributed by atoms with Crippen LogP contribution in [0.2, 0.25) is 0 Å². The zero-order valence-electron chi connectivity index (χ0n) is 11.0. The Morgan fingerprint density at radius 2 is 1.88 bits per heavy atom. The smallest absolute Gasteiger partial charge is 0.244 e. The molecule has 0 saturated carbocycles. The lowest BCUT2D eigenvalue weighted by atomic mass is 10.1. The van der Waals surface area contributed by atoms with Gasteiger partial charge in [-0.05, 0) is 33.6 Å². The third-order valence-corrected chi connectivity index (χ3v) is 1.97. The quantitative estimate of drug-likeness (QED) is 0.416. The van der Waals surface area contributed by atoms with Crippen molar-refractivity contribution in [1.82, 2.24) is 5.32 Å². The second-order valence-electron chi connectivity index (χ2n) is 5.02. The topological polar surface area (TPSA) is 29.1 Å². The average molecular weight is 223 g/mol. The number of allylic oxidation sites excluding steroid dienone is 3. The summed E-state index contributed by atoms with van der Waals surface area (Å²) in [4.78, 5) is 11.4. The van der Waals surface area contributed by atoms with Crippen LogP contribution in [0.3, 0.4) is 0 Å². The van der Waals surface area contributed by atoms with Crippen molar-refractivity contribution in [1.29, 1.82) is 0 Å². The second-order valence-corrected chi connectivity index (χ2v) is 5.02. The van der Waals surface area contributed by atoms with E-state index < -0.39 is 0 Å². The number of rotatable bonds is 6. The van der Waals surface area contributed by atoms with Gasteiger partial charge >= 0.3 is 0 Å². The minimum atomic E-state index is -0.160. The zero-order chi connectivity index (χ0) is 12.4. The number of amides is 1. The van der Waals surface area contributed by atoms with Crippen molar-refractivity contribution in [3.05, 3.63) is 24.3 Å². The maximum Gasteiger partial charge on any atom is 0.244 e. The van der Waals surface area contributed by atoms with Crippen LogP contribution in [0.15, 0.2) is 24.3 Å². The summed E-state index contributed by atoms with van der Waals surface area (Å²) in [5.74, 6) is -0.0364. The Hall–Kier alpha value is -1.05. The Kier molecular flexibility index (Phi) is 7.61. The van der Waals surface area contributed by atoms with Crippen molar-refractivity contribution in [2.45, 2.75) is 58.9 Å². The first-order valence-corrected chi connectivity index (χ1v) is 6.11. The third kappa shape index (κ3) is 11.0. The fourth-order valence-electron chi connectivity index (χ4n) is 1.24. The van der Waals surface area contributed by atoms with Gasteiger partial charge in [0.25, 0.3) is 0 Å². The van der Waals surface area contributed by atoms with Gasteiger partial charge in [-0.2, -0.15) is 0 Å². The van der Waals surface area contributed by atoms with Crippen LogP contribution in [-0.4, -0.2) is 11.4 Å². The molecule has 2 heteroatoms. The van der Waals surface area contributed by atoms with Gasteiger partial charge in [0.05, 0.1) is 0 Å². The van der Waals surface area contributed by atoms with Crippen LogP contribution in [0.5, 0.6) is 0 Å². The highest BCUT2D eigenvalue weighted by Gasteiger charge is 2.10. The SMILES string of the molecule is CCCCCC=CC=CC(=O)NC(C)(C)C. The molecule has 0 aromatic carbocycles. The predicted molar refractivity (Wildman–Crippen MR) is 70.3 cm³/mol. The Labute approximate surface area is 99.8 Å². The van der Waals surface area contributed by atoms with Crippen molar-refractivity contribution in [3.8, 4) is 0 Å². The minimum Gasteiger partial charge on any atom is -0.348 e. The second kappa shape index (κ2) is 8.14. The largest absolute Gasteiger partial charge is 0.348 e. The lowest BCUT2D eigenvalue weighted by Crippen LogP contribution is -2.39. The van der Waals surface area contributed by atoms with Crippen molar-refractivity contribution in [3.63, 3.8) is 0 Å². The van der Waals surface area contributed by atoms with E-state index in [1.165, 1.54) is 19.3 Å². The van der Waals surface area contributed by atoms with Crippen molar-refractivity contribution >= 4 is 5.91 Å². The van der Waals surface area contributed by atoms with E-state index in [1.807, 2.05) is 26.8 Å². The molecule has 92 valence electrons. The van der Waals surface area contributed by atoms with E-state index in [1.54, 1.807) is 12.2 Å². The Bertz CT molecular complexity index is 246. The summed E-state index contributed by atoms with van der Waals surface area (Å²) < 4.78 is 0. The van der Waals surface area contributed by atoms with Gasteiger partial charge in [0.15, 0.2) is 0 Å². The van der Waals surface area contributed by atoms with E-state index in [0.717, 1.165) is 6.42 Å². The van der Waals surface area contributed by atoms with Crippen LogP contribution in [0.1, 0.15) is 53.4 Å². The van der Waals surface area contributed by atoms with Crippen molar-refractivity contribution in [2.24, 2.45) is 0 Å². The number of carbonyl (C=O) groups is 1. The fraction of sp³-hybridized carbons (Fsp3) is 0.643. The molecule has 0 aliphatic carbocycles. The Balaban J connectivity index is 3.71. The van der Waals surface area contributed by atoms with Crippen molar-refractivity contribution in [2.75, 3.05) is 0 Å². The van der Waals surface area contributed by atoms with E-state index in [9.17, 15) is 4.79 Å². The minimum absolute atomic E-state index is 0.0364. The van der Waals surface area contributed by atoms with E-state index in [0.29, 0.717) is 0 Å². The highest BCUT2D eigenvalue weighted by molar-refractivity contribution is 5.88. The molecule has 2 nitrogen and oxygen atoms in total. The molecule has 0 radical (unpaired) electrons. The molecule has 0 unspecified atom stereocenters. The number of hydrogen-bond acceptors (Lipinski definition) is 1. The third-order valence-electron chi connectivity index (χ3n) is 1.97. The van der Waals surface area contributed by atoms with E-state index in [-0.39, 0.29) is 11.4 Å². The standard InChI is InChI=1S/C14H25NO/c1-5-6-7-8-9-10-11-12-13(16)15-14(2,3)4/h9-12H,5-8H2,1-4H3,(H,15,16). The molecule has 1 amide bonds. The molecule has 0 aromatic heterocycles. The Morgan fingerprint density at radius 3 is 2.44 bits per heavy atom. The van der Waals surface area contributed by atoms with E-state index in [4.69, 9.17) is 0 Å². The van der Waals surface area contributed by atoms with Crippen LogP contribution in [0.25, 0.3) is 0 Å². The fourth-order valence-corrected chi connectivity index (χ4v) is 1.24. The first-order chi connectivity index (χ1) is 7.45. The predicted octanol–water partition coefficient (Wildman–Crippen LogP) is 3.59. The number of hydrogen-bond donors (Lipinski definition) is 1. The zero-order valence-corrected chi connectivity index (χ0v) is 11.0. The highest BCUT2D eigenvalue weighted by Crippen LogP contribution is 2.00. The van der Waals surface area contributed by atoms with Crippen LogP contribution in [0, 0.1) is 0 Å². The summed E-state index contributed by atoms with van der Waals surface area (Å²) in [7, 11) is 0. The van der Waals surface area contributed by atoms with Gasteiger partial charge < -0.3 is 5.32 Å². The van der Waals surface area contributed by atoms with Gasteiger partial charge in [-0.25, -0.2) is 0 Å². The molecule has 0 rings (SSSR count). The van der Waals surface area contributed by atoms with Crippen LogP contribution in [-0.2, 0) is 4.79 Å². The average Bonchev–Trinajstić information content (AvgIpc) is 2.13. The molecule has 0 spiro atoms.